The SMILES string of the molecule is CC(=O)[C@H]1CC=C(C)[C@H](O)C1. The number of aliphatic hydroxyl groups is 1. The molecule has 1 rings (SSSR count). The lowest BCUT2D eigenvalue weighted by Crippen LogP contribution is -2.23. The van der Waals surface area contributed by atoms with Crippen LogP contribution in [0.25, 0.3) is 0 Å². The van der Waals surface area contributed by atoms with Crippen LogP contribution in [0.1, 0.15) is 26.7 Å². The number of carbonyl (C=O) groups is 1. The second-order valence-corrected chi connectivity index (χ2v) is 3.24. The average molecular weight is 154 g/mol. The molecule has 0 aromatic rings. The van der Waals surface area contributed by atoms with Crippen LogP contribution in [0.15, 0.2) is 11.6 Å². The lowest BCUT2D eigenvalue weighted by atomic mass is 9.86. The van der Waals surface area contributed by atoms with E-state index < -0.39 is 6.10 Å². The molecule has 0 heterocycles. The van der Waals surface area contributed by atoms with Crippen LogP contribution >= 0.6 is 0 Å². The predicted octanol–water partition coefficient (Wildman–Crippen LogP) is 1.29. The first-order chi connectivity index (χ1) is 5.11. The molecule has 0 unspecified atom stereocenters. The summed E-state index contributed by atoms with van der Waals surface area (Å²) in [6.07, 6.45) is 2.98. The fourth-order valence-corrected chi connectivity index (χ4v) is 1.35. The van der Waals surface area contributed by atoms with Gasteiger partial charge in [-0.2, -0.15) is 0 Å². The van der Waals surface area contributed by atoms with E-state index in [0.29, 0.717) is 6.42 Å². The molecule has 0 aromatic carbocycles. The molecule has 1 aliphatic rings. The molecular formula is C9H14O2. The van der Waals surface area contributed by atoms with Gasteiger partial charge in [0.2, 0.25) is 0 Å². The lowest BCUT2D eigenvalue weighted by Gasteiger charge is -2.22. The minimum absolute atomic E-state index is 0.0497. The van der Waals surface area contributed by atoms with Crippen LogP contribution in [0.3, 0.4) is 0 Å². The molecule has 0 spiro atoms. The topological polar surface area (TPSA) is 37.3 Å². The second-order valence-electron chi connectivity index (χ2n) is 3.24. The van der Waals surface area contributed by atoms with Gasteiger partial charge in [0.15, 0.2) is 0 Å². The lowest BCUT2D eigenvalue weighted by molar-refractivity contribution is -0.121. The molecule has 0 saturated carbocycles. The van der Waals surface area contributed by atoms with E-state index in [9.17, 15) is 9.90 Å². The molecule has 1 N–H and O–H groups in total. The van der Waals surface area contributed by atoms with Crippen LogP contribution in [0, 0.1) is 5.92 Å². The molecule has 2 atom stereocenters. The van der Waals surface area contributed by atoms with Gasteiger partial charge < -0.3 is 5.11 Å². The molecule has 0 radical (unpaired) electrons. The number of Topliss-reactive ketones (excluding diaryl/α,β-unsaturated/α-hetero) is 1. The molecule has 62 valence electrons. The average Bonchev–Trinajstić information content (AvgIpc) is 1.94. The molecule has 0 bridgehead atoms. The van der Waals surface area contributed by atoms with Crippen molar-refractivity contribution in [1.29, 1.82) is 0 Å². The number of ketones is 1. The first kappa shape index (κ1) is 8.47. The zero-order valence-electron chi connectivity index (χ0n) is 7.00. The summed E-state index contributed by atoms with van der Waals surface area (Å²) in [4.78, 5) is 10.9. The minimum atomic E-state index is -0.391. The first-order valence-electron chi connectivity index (χ1n) is 3.96. The zero-order chi connectivity index (χ0) is 8.43. The molecule has 2 heteroatoms. The Morgan fingerprint density at radius 3 is 2.82 bits per heavy atom. The Morgan fingerprint density at radius 1 is 1.73 bits per heavy atom. The second kappa shape index (κ2) is 3.18. The maximum absolute atomic E-state index is 10.9. The van der Waals surface area contributed by atoms with Crippen molar-refractivity contribution in [3.63, 3.8) is 0 Å². The number of carbonyl (C=O) groups excluding carboxylic acids is 1. The monoisotopic (exact) mass is 154 g/mol. The minimum Gasteiger partial charge on any atom is -0.389 e. The van der Waals surface area contributed by atoms with Crippen molar-refractivity contribution in [2.75, 3.05) is 0 Å². The Balaban J connectivity index is 2.62. The van der Waals surface area contributed by atoms with E-state index in [-0.39, 0.29) is 11.7 Å². The molecule has 0 aliphatic heterocycles. The Labute approximate surface area is 66.9 Å². The summed E-state index contributed by atoms with van der Waals surface area (Å²) in [5, 5.41) is 9.38. The van der Waals surface area contributed by atoms with Gasteiger partial charge in [0, 0.05) is 5.92 Å². The molecule has 0 saturated heterocycles. The Morgan fingerprint density at radius 2 is 2.36 bits per heavy atom. The van der Waals surface area contributed by atoms with Crippen molar-refractivity contribution in [2.24, 2.45) is 5.92 Å². The Bertz CT molecular complexity index is 194. The van der Waals surface area contributed by atoms with Crippen molar-refractivity contribution in [2.45, 2.75) is 32.8 Å². The van der Waals surface area contributed by atoms with Crippen molar-refractivity contribution >= 4 is 5.78 Å². The van der Waals surface area contributed by atoms with Gasteiger partial charge in [-0.3, -0.25) is 4.79 Å². The maximum atomic E-state index is 10.9. The summed E-state index contributed by atoms with van der Waals surface area (Å²) in [5.74, 6) is 0.238. The van der Waals surface area contributed by atoms with E-state index in [4.69, 9.17) is 0 Å². The summed E-state index contributed by atoms with van der Waals surface area (Å²) >= 11 is 0. The smallest absolute Gasteiger partial charge is 0.133 e. The van der Waals surface area contributed by atoms with Crippen molar-refractivity contribution in [1.82, 2.24) is 0 Å². The van der Waals surface area contributed by atoms with E-state index in [1.807, 2.05) is 13.0 Å². The third kappa shape index (κ3) is 1.90. The highest BCUT2D eigenvalue weighted by Crippen LogP contribution is 2.23. The van der Waals surface area contributed by atoms with E-state index in [1.165, 1.54) is 0 Å². The highest BCUT2D eigenvalue weighted by atomic mass is 16.3. The van der Waals surface area contributed by atoms with Gasteiger partial charge in [0.1, 0.15) is 5.78 Å². The van der Waals surface area contributed by atoms with Crippen LogP contribution in [0.2, 0.25) is 0 Å². The predicted molar refractivity (Wildman–Crippen MR) is 43.2 cm³/mol. The summed E-state index contributed by atoms with van der Waals surface area (Å²) in [5.41, 5.74) is 1.00. The number of hydrogen-bond donors (Lipinski definition) is 1. The normalized spacial score (nSPS) is 31.4. The van der Waals surface area contributed by atoms with E-state index in [0.717, 1.165) is 12.0 Å². The van der Waals surface area contributed by atoms with Crippen LogP contribution < -0.4 is 0 Å². The highest BCUT2D eigenvalue weighted by molar-refractivity contribution is 5.78. The summed E-state index contributed by atoms with van der Waals surface area (Å²) < 4.78 is 0. The molecule has 1 aliphatic carbocycles. The maximum Gasteiger partial charge on any atom is 0.133 e. The molecule has 0 fully saturated rings. The summed E-state index contributed by atoms with van der Waals surface area (Å²) in [7, 11) is 0. The fraction of sp³-hybridized carbons (Fsp3) is 0.667. The molecule has 0 amide bonds. The molecule has 11 heavy (non-hydrogen) atoms. The van der Waals surface area contributed by atoms with Gasteiger partial charge in [-0.25, -0.2) is 0 Å². The fourth-order valence-electron chi connectivity index (χ4n) is 1.35. The number of hydrogen-bond acceptors (Lipinski definition) is 2. The van der Waals surface area contributed by atoms with Gasteiger partial charge in [-0.15, -0.1) is 0 Å². The number of rotatable bonds is 1. The van der Waals surface area contributed by atoms with E-state index >= 15 is 0 Å². The third-order valence-electron chi connectivity index (χ3n) is 2.33. The summed E-state index contributed by atoms with van der Waals surface area (Å²) in [6, 6.07) is 0. The third-order valence-corrected chi connectivity index (χ3v) is 2.33. The molecular weight excluding hydrogens is 140 g/mol. The van der Waals surface area contributed by atoms with Crippen LogP contribution in [-0.2, 0) is 4.79 Å². The first-order valence-corrected chi connectivity index (χ1v) is 3.96. The van der Waals surface area contributed by atoms with Crippen molar-refractivity contribution < 1.29 is 9.90 Å². The Kier molecular flexibility index (Phi) is 2.45. The van der Waals surface area contributed by atoms with Gasteiger partial charge in [-0.1, -0.05) is 6.08 Å². The van der Waals surface area contributed by atoms with Gasteiger partial charge in [0.25, 0.3) is 0 Å². The van der Waals surface area contributed by atoms with Crippen LogP contribution in [0.5, 0.6) is 0 Å². The standard InChI is InChI=1S/C9H14O2/c1-6-3-4-8(7(2)10)5-9(6)11/h3,8-9,11H,4-5H2,1-2H3/t8-,9+/m0/s1. The largest absolute Gasteiger partial charge is 0.389 e. The van der Waals surface area contributed by atoms with Gasteiger partial charge in [0.05, 0.1) is 6.10 Å². The molecule has 2 nitrogen and oxygen atoms in total. The molecule has 0 aromatic heterocycles. The van der Waals surface area contributed by atoms with E-state index in [2.05, 4.69) is 0 Å². The summed E-state index contributed by atoms with van der Waals surface area (Å²) in [6.45, 7) is 3.49. The number of aliphatic hydroxyl groups excluding tert-OH is 1. The van der Waals surface area contributed by atoms with Crippen LogP contribution in [-0.4, -0.2) is 17.0 Å². The van der Waals surface area contributed by atoms with Gasteiger partial charge in [-0.05, 0) is 32.3 Å². The number of allylic oxidation sites excluding steroid dienone is 1. The van der Waals surface area contributed by atoms with Crippen molar-refractivity contribution in [3.8, 4) is 0 Å². The Hall–Kier alpha value is -0.630. The van der Waals surface area contributed by atoms with Crippen LogP contribution in [0.4, 0.5) is 0 Å². The highest BCUT2D eigenvalue weighted by Gasteiger charge is 2.22. The van der Waals surface area contributed by atoms with E-state index in [1.54, 1.807) is 6.92 Å². The zero-order valence-corrected chi connectivity index (χ0v) is 7.00. The van der Waals surface area contributed by atoms with Crippen molar-refractivity contribution in [3.05, 3.63) is 11.6 Å². The quantitative estimate of drug-likeness (QED) is 0.578. The van der Waals surface area contributed by atoms with Gasteiger partial charge >= 0.3 is 0 Å².